The molecule has 0 spiro atoms. The van der Waals surface area contributed by atoms with Crippen LogP contribution in [-0.2, 0) is 17.8 Å². The molecule has 1 aromatic heterocycles. The van der Waals surface area contributed by atoms with Gasteiger partial charge in [0.1, 0.15) is 11.5 Å². The van der Waals surface area contributed by atoms with Gasteiger partial charge in [0, 0.05) is 25.2 Å². The Morgan fingerprint density at radius 2 is 2.33 bits per heavy atom. The number of hydrogen-bond donors (Lipinski definition) is 1. The van der Waals surface area contributed by atoms with Crippen LogP contribution in [-0.4, -0.2) is 37.2 Å². The van der Waals surface area contributed by atoms with Crippen LogP contribution in [0.3, 0.4) is 0 Å². The van der Waals surface area contributed by atoms with E-state index < -0.39 is 0 Å². The van der Waals surface area contributed by atoms with Crippen LogP contribution in [0.1, 0.15) is 30.9 Å². The van der Waals surface area contributed by atoms with Crippen molar-refractivity contribution in [3.63, 3.8) is 0 Å². The van der Waals surface area contributed by atoms with Crippen molar-refractivity contribution < 1.29 is 9.15 Å². The Labute approximate surface area is 109 Å². The van der Waals surface area contributed by atoms with Gasteiger partial charge in [-0.05, 0) is 26.5 Å². The molecular weight excluding hydrogens is 228 g/mol. The van der Waals surface area contributed by atoms with E-state index in [0.717, 1.165) is 50.9 Å². The first-order valence-electron chi connectivity index (χ1n) is 6.82. The number of ether oxygens (including phenoxy) is 1. The van der Waals surface area contributed by atoms with Crippen molar-refractivity contribution in [2.45, 2.75) is 40.0 Å². The summed E-state index contributed by atoms with van der Waals surface area (Å²) in [7, 11) is 0. The summed E-state index contributed by atoms with van der Waals surface area (Å²) in [5.74, 6) is 2.08. The van der Waals surface area contributed by atoms with Crippen LogP contribution in [0.4, 0.5) is 0 Å². The largest absolute Gasteiger partial charge is 0.465 e. The Morgan fingerprint density at radius 1 is 1.50 bits per heavy atom. The van der Waals surface area contributed by atoms with Crippen LogP contribution >= 0.6 is 0 Å². The second kappa shape index (κ2) is 6.36. The van der Waals surface area contributed by atoms with Crippen molar-refractivity contribution in [2.75, 3.05) is 26.2 Å². The monoisotopic (exact) mass is 252 g/mol. The third-order valence-electron chi connectivity index (χ3n) is 3.34. The van der Waals surface area contributed by atoms with Gasteiger partial charge in [-0.15, -0.1) is 0 Å². The molecule has 102 valence electrons. The predicted molar refractivity (Wildman–Crippen MR) is 71.5 cm³/mol. The maximum absolute atomic E-state index is 5.76. The second-order valence-corrected chi connectivity index (χ2v) is 4.99. The summed E-state index contributed by atoms with van der Waals surface area (Å²) in [6.07, 6.45) is 0.340. The zero-order chi connectivity index (χ0) is 13.0. The molecule has 0 amide bonds. The average Bonchev–Trinajstić information content (AvgIpc) is 2.68. The predicted octanol–water partition coefficient (Wildman–Crippen LogP) is 1.92. The van der Waals surface area contributed by atoms with Crippen molar-refractivity contribution >= 4 is 0 Å². The van der Waals surface area contributed by atoms with Gasteiger partial charge in [-0.2, -0.15) is 0 Å². The quantitative estimate of drug-likeness (QED) is 0.869. The first kappa shape index (κ1) is 13.6. The molecule has 2 heterocycles. The van der Waals surface area contributed by atoms with Crippen LogP contribution in [0.2, 0.25) is 0 Å². The minimum atomic E-state index is 0.340. The van der Waals surface area contributed by atoms with Crippen LogP contribution in [0.25, 0.3) is 0 Å². The number of nitrogens with one attached hydrogen (secondary N) is 1. The maximum Gasteiger partial charge on any atom is 0.118 e. The molecule has 1 fully saturated rings. The molecule has 1 saturated heterocycles. The van der Waals surface area contributed by atoms with E-state index in [1.807, 2.05) is 0 Å². The van der Waals surface area contributed by atoms with Gasteiger partial charge in [0.2, 0.25) is 0 Å². The Hall–Kier alpha value is -0.840. The highest BCUT2D eigenvalue weighted by Gasteiger charge is 2.18. The first-order chi connectivity index (χ1) is 8.69. The Morgan fingerprint density at radius 3 is 3.06 bits per heavy atom. The van der Waals surface area contributed by atoms with Crippen molar-refractivity contribution in [1.82, 2.24) is 10.2 Å². The van der Waals surface area contributed by atoms with Gasteiger partial charge < -0.3 is 14.5 Å². The van der Waals surface area contributed by atoms with Crippen molar-refractivity contribution in [2.24, 2.45) is 0 Å². The number of hydrogen-bond acceptors (Lipinski definition) is 4. The number of nitrogens with zero attached hydrogens (tertiary/aromatic N) is 1. The molecule has 1 N–H and O–H groups in total. The smallest absolute Gasteiger partial charge is 0.118 e. The molecule has 4 heteroatoms. The topological polar surface area (TPSA) is 37.6 Å². The number of furan rings is 1. The van der Waals surface area contributed by atoms with Crippen molar-refractivity contribution in [1.29, 1.82) is 0 Å². The zero-order valence-electron chi connectivity index (χ0n) is 11.7. The molecule has 18 heavy (non-hydrogen) atoms. The van der Waals surface area contributed by atoms with Gasteiger partial charge in [0.05, 0.1) is 19.3 Å². The van der Waals surface area contributed by atoms with Crippen LogP contribution in [0.5, 0.6) is 0 Å². The molecule has 4 nitrogen and oxygen atoms in total. The molecule has 1 aliphatic heterocycles. The van der Waals surface area contributed by atoms with Crippen molar-refractivity contribution in [3.05, 3.63) is 23.2 Å². The lowest BCUT2D eigenvalue weighted by atomic mass is 10.2. The van der Waals surface area contributed by atoms with Gasteiger partial charge in [-0.3, -0.25) is 4.90 Å². The van der Waals surface area contributed by atoms with Gasteiger partial charge in [-0.1, -0.05) is 6.92 Å². The highest BCUT2D eigenvalue weighted by atomic mass is 16.5. The molecular formula is C14H24N2O2. The highest BCUT2D eigenvalue weighted by Crippen LogP contribution is 2.18. The Bertz CT molecular complexity index is 376. The minimum absolute atomic E-state index is 0.340. The summed E-state index contributed by atoms with van der Waals surface area (Å²) >= 11 is 0. The van der Waals surface area contributed by atoms with Crippen molar-refractivity contribution in [3.8, 4) is 0 Å². The van der Waals surface area contributed by atoms with Gasteiger partial charge in [0.25, 0.3) is 0 Å². The van der Waals surface area contributed by atoms with E-state index >= 15 is 0 Å². The molecule has 0 aromatic carbocycles. The summed E-state index contributed by atoms with van der Waals surface area (Å²) in [6.45, 7) is 11.9. The van der Waals surface area contributed by atoms with E-state index in [-0.39, 0.29) is 0 Å². The zero-order valence-corrected chi connectivity index (χ0v) is 11.7. The first-order valence-corrected chi connectivity index (χ1v) is 6.82. The molecule has 1 aliphatic rings. The number of morpholine rings is 1. The SMILES string of the molecule is CCNCc1cc(CN2CCOC(C)C2)c(C)o1. The minimum Gasteiger partial charge on any atom is -0.465 e. The Balaban J connectivity index is 1.93. The Kier molecular flexibility index (Phi) is 4.80. The molecule has 0 aliphatic carbocycles. The van der Waals surface area contributed by atoms with Crippen LogP contribution in [0.15, 0.2) is 10.5 Å². The standard InChI is InChI=1S/C14H24N2O2/c1-4-15-8-14-7-13(12(3)18-14)10-16-5-6-17-11(2)9-16/h7,11,15H,4-6,8-10H2,1-3H3. The summed E-state index contributed by atoms with van der Waals surface area (Å²) in [5, 5.41) is 3.29. The fraction of sp³-hybridized carbons (Fsp3) is 0.714. The van der Waals surface area contributed by atoms with Crippen LogP contribution in [0, 0.1) is 6.92 Å². The fourth-order valence-electron chi connectivity index (χ4n) is 2.36. The summed E-state index contributed by atoms with van der Waals surface area (Å²) in [4.78, 5) is 2.43. The van der Waals surface area contributed by atoms with E-state index in [1.165, 1.54) is 5.56 Å². The van der Waals surface area contributed by atoms with E-state index in [4.69, 9.17) is 9.15 Å². The molecule has 1 aromatic rings. The lowest BCUT2D eigenvalue weighted by Crippen LogP contribution is -2.40. The third-order valence-corrected chi connectivity index (χ3v) is 3.34. The van der Waals surface area contributed by atoms with Gasteiger partial charge in [0.15, 0.2) is 0 Å². The summed E-state index contributed by atoms with van der Waals surface area (Å²) in [5.41, 5.74) is 1.30. The van der Waals surface area contributed by atoms with E-state index in [9.17, 15) is 0 Å². The van der Waals surface area contributed by atoms with Gasteiger partial charge in [-0.25, -0.2) is 0 Å². The van der Waals surface area contributed by atoms with Gasteiger partial charge >= 0.3 is 0 Å². The maximum atomic E-state index is 5.76. The molecule has 0 radical (unpaired) electrons. The van der Waals surface area contributed by atoms with E-state index in [2.05, 4.69) is 37.1 Å². The average molecular weight is 252 g/mol. The molecule has 0 bridgehead atoms. The second-order valence-electron chi connectivity index (χ2n) is 4.99. The molecule has 1 unspecified atom stereocenters. The molecule has 1 atom stereocenters. The van der Waals surface area contributed by atoms with E-state index in [0.29, 0.717) is 6.10 Å². The lowest BCUT2D eigenvalue weighted by molar-refractivity contribution is -0.0213. The number of aryl methyl sites for hydroxylation is 1. The molecule has 0 saturated carbocycles. The fourth-order valence-corrected chi connectivity index (χ4v) is 2.36. The highest BCUT2D eigenvalue weighted by molar-refractivity contribution is 5.20. The lowest BCUT2D eigenvalue weighted by Gasteiger charge is -2.30. The third kappa shape index (κ3) is 3.57. The number of rotatable bonds is 5. The van der Waals surface area contributed by atoms with Crippen LogP contribution < -0.4 is 5.32 Å². The normalized spacial score (nSPS) is 21.4. The summed E-state index contributed by atoms with van der Waals surface area (Å²) < 4.78 is 11.3. The van der Waals surface area contributed by atoms with E-state index in [1.54, 1.807) is 0 Å². The summed E-state index contributed by atoms with van der Waals surface area (Å²) in [6, 6.07) is 2.18. The molecule has 2 rings (SSSR count).